The van der Waals surface area contributed by atoms with Crippen LogP contribution in [0.25, 0.3) is 6.08 Å². The molecule has 0 spiro atoms. The summed E-state index contributed by atoms with van der Waals surface area (Å²) in [4.78, 5) is 31.7. The second-order valence-corrected chi connectivity index (χ2v) is 10.7. The number of hydrogen-bond acceptors (Lipinski definition) is 7. The van der Waals surface area contributed by atoms with Gasteiger partial charge in [0.1, 0.15) is 6.61 Å². The van der Waals surface area contributed by atoms with Gasteiger partial charge in [0.15, 0.2) is 16.3 Å². The van der Waals surface area contributed by atoms with Gasteiger partial charge in [-0.3, -0.25) is 9.36 Å². The number of carbonyl (C=O) groups is 1. The number of hydrogen-bond donors (Lipinski definition) is 0. The fourth-order valence-electron chi connectivity index (χ4n) is 4.49. The topological polar surface area (TPSA) is 79.1 Å². The van der Waals surface area contributed by atoms with E-state index < -0.39 is 12.0 Å². The first-order valence-corrected chi connectivity index (χ1v) is 13.7. The molecule has 0 N–H and O–H groups in total. The second-order valence-electron chi connectivity index (χ2n) is 8.79. The van der Waals surface area contributed by atoms with Gasteiger partial charge in [-0.05, 0) is 57.8 Å². The summed E-state index contributed by atoms with van der Waals surface area (Å²) < 4.78 is 19.5. The number of ether oxygens (including phenoxy) is 3. The van der Waals surface area contributed by atoms with Gasteiger partial charge in [-0.1, -0.05) is 72.0 Å². The second kappa shape index (κ2) is 11.4. The Hall–Kier alpha value is -3.95. The molecule has 4 aromatic rings. The fraction of sp³-hybridized carbons (Fsp3) is 0.167. The molecule has 3 aromatic carbocycles. The standard InChI is InChI=1S/C30H25BrN2O5S/c1-18-25(29(35)37-3)26(21-12-8-5-9-13-21)33-28(34)24(39-30(33)32-18)16-20-14-22(31)27(23(15-20)36-2)38-17-19-10-6-4-7-11-19/h4-16,26H,17H2,1-3H3/b24-16-/t26-/m0/s1. The van der Waals surface area contributed by atoms with Gasteiger partial charge < -0.3 is 14.2 Å². The van der Waals surface area contributed by atoms with Gasteiger partial charge in [-0.2, -0.15) is 0 Å². The van der Waals surface area contributed by atoms with Crippen LogP contribution in [-0.4, -0.2) is 24.8 Å². The van der Waals surface area contributed by atoms with E-state index in [1.54, 1.807) is 24.7 Å². The minimum absolute atomic E-state index is 0.249. The van der Waals surface area contributed by atoms with Gasteiger partial charge >= 0.3 is 5.97 Å². The number of halogens is 1. The van der Waals surface area contributed by atoms with Crippen LogP contribution in [0.3, 0.4) is 0 Å². The third kappa shape index (κ3) is 5.32. The lowest BCUT2D eigenvalue weighted by Gasteiger charge is -2.24. The number of esters is 1. The molecule has 1 atom stereocenters. The Kier molecular flexibility index (Phi) is 7.81. The molecule has 1 aromatic heterocycles. The molecular weight excluding hydrogens is 580 g/mol. The minimum atomic E-state index is -0.646. The van der Waals surface area contributed by atoms with Gasteiger partial charge in [0, 0.05) is 0 Å². The zero-order valence-corrected chi connectivity index (χ0v) is 23.9. The lowest BCUT2D eigenvalue weighted by molar-refractivity contribution is -0.136. The molecular formula is C30H25BrN2O5S. The van der Waals surface area contributed by atoms with Crippen LogP contribution in [0, 0.1) is 0 Å². The van der Waals surface area contributed by atoms with E-state index in [2.05, 4.69) is 20.9 Å². The summed E-state index contributed by atoms with van der Waals surface area (Å²) in [5, 5.41) is 0. The van der Waals surface area contributed by atoms with Crippen molar-refractivity contribution in [3.63, 3.8) is 0 Å². The number of allylic oxidation sites excluding steroid dienone is 1. The number of methoxy groups -OCH3 is 2. The van der Waals surface area contributed by atoms with E-state index in [4.69, 9.17) is 14.2 Å². The van der Waals surface area contributed by atoms with Crippen LogP contribution in [0.1, 0.15) is 29.7 Å². The van der Waals surface area contributed by atoms with Gasteiger partial charge in [-0.25, -0.2) is 9.79 Å². The summed E-state index contributed by atoms with van der Waals surface area (Å²) in [5.41, 5.74) is 3.19. The SMILES string of the molecule is COC(=O)C1=C(C)N=c2s/c(=C\c3cc(Br)c(OCc4ccccc4)c(OC)c3)c(=O)n2[C@H]1c1ccccc1. The van der Waals surface area contributed by atoms with Gasteiger partial charge in [0.25, 0.3) is 5.56 Å². The Bertz CT molecular complexity index is 1740. The molecule has 0 bridgehead atoms. The van der Waals surface area contributed by atoms with Crippen LogP contribution in [0.5, 0.6) is 11.5 Å². The van der Waals surface area contributed by atoms with Gasteiger partial charge in [0.05, 0.1) is 40.5 Å². The smallest absolute Gasteiger partial charge is 0.338 e. The van der Waals surface area contributed by atoms with Gasteiger partial charge in [0.2, 0.25) is 0 Å². The van der Waals surface area contributed by atoms with E-state index in [0.29, 0.717) is 43.2 Å². The normalized spacial score (nSPS) is 15.0. The zero-order chi connectivity index (χ0) is 27.5. The molecule has 7 nitrogen and oxygen atoms in total. The summed E-state index contributed by atoms with van der Waals surface area (Å²) in [6.07, 6.45) is 1.79. The highest BCUT2D eigenvalue weighted by Gasteiger charge is 2.32. The molecule has 0 saturated carbocycles. The zero-order valence-electron chi connectivity index (χ0n) is 21.5. The molecule has 0 aliphatic carbocycles. The first kappa shape index (κ1) is 26.6. The van der Waals surface area contributed by atoms with Crippen molar-refractivity contribution in [2.24, 2.45) is 4.99 Å². The van der Waals surface area contributed by atoms with Crippen molar-refractivity contribution in [1.82, 2.24) is 4.57 Å². The van der Waals surface area contributed by atoms with Gasteiger partial charge in [-0.15, -0.1) is 0 Å². The number of nitrogens with zero attached hydrogens (tertiary/aromatic N) is 2. The molecule has 198 valence electrons. The summed E-state index contributed by atoms with van der Waals surface area (Å²) in [7, 11) is 2.90. The maximum atomic E-state index is 13.8. The predicted molar refractivity (Wildman–Crippen MR) is 154 cm³/mol. The maximum Gasteiger partial charge on any atom is 0.338 e. The summed E-state index contributed by atoms with van der Waals surface area (Å²) in [6, 6.07) is 22.3. The van der Waals surface area contributed by atoms with Crippen molar-refractivity contribution < 1.29 is 19.0 Å². The fourth-order valence-corrected chi connectivity index (χ4v) is 6.11. The molecule has 0 unspecified atom stereocenters. The van der Waals surface area contributed by atoms with Crippen molar-refractivity contribution in [2.45, 2.75) is 19.6 Å². The van der Waals surface area contributed by atoms with E-state index >= 15 is 0 Å². The number of benzene rings is 3. The van der Waals surface area contributed by atoms with Crippen LogP contribution in [0.15, 0.2) is 98.3 Å². The summed E-state index contributed by atoms with van der Waals surface area (Å²) >= 11 is 4.87. The monoisotopic (exact) mass is 604 g/mol. The molecule has 2 heterocycles. The van der Waals surface area contributed by atoms with E-state index in [9.17, 15) is 9.59 Å². The van der Waals surface area contributed by atoms with E-state index in [-0.39, 0.29) is 5.56 Å². The highest BCUT2D eigenvalue weighted by molar-refractivity contribution is 9.10. The van der Waals surface area contributed by atoms with Crippen molar-refractivity contribution >= 4 is 39.3 Å². The van der Waals surface area contributed by atoms with Crippen LogP contribution in [0.4, 0.5) is 0 Å². The van der Waals surface area contributed by atoms with Crippen molar-refractivity contribution in [3.05, 3.63) is 125 Å². The van der Waals surface area contributed by atoms with Crippen LogP contribution in [-0.2, 0) is 16.1 Å². The minimum Gasteiger partial charge on any atom is -0.493 e. The largest absolute Gasteiger partial charge is 0.493 e. The summed E-state index contributed by atoms with van der Waals surface area (Å²) in [5.74, 6) is 0.590. The Morgan fingerprint density at radius 2 is 1.77 bits per heavy atom. The Morgan fingerprint density at radius 1 is 1.08 bits per heavy atom. The number of rotatable bonds is 7. The first-order valence-electron chi connectivity index (χ1n) is 12.1. The van der Waals surface area contributed by atoms with E-state index in [0.717, 1.165) is 16.7 Å². The number of fused-ring (bicyclic) bond motifs is 1. The third-order valence-corrected chi connectivity index (χ3v) is 7.89. The van der Waals surface area contributed by atoms with Crippen molar-refractivity contribution in [3.8, 4) is 11.5 Å². The molecule has 9 heteroatoms. The molecule has 0 radical (unpaired) electrons. The average molecular weight is 606 g/mol. The van der Waals surface area contributed by atoms with E-state index in [1.165, 1.54) is 18.4 Å². The first-order chi connectivity index (χ1) is 18.9. The van der Waals surface area contributed by atoms with Crippen LogP contribution >= 0.6 is 27.3 Å². The molecule has 0 saturated heterocycles. The van der Waals surface area contributed by atoms with Crippen LogP contribution in [0.2, 0.25) is 0 Å². The molecule has 0 amide bonds. The third-order valence-electron chi connectivity index (χ3n) is 6.32. The van der Waals surface area contributed by atoms with Crippen molar-refractivity contribution in [1.29, 1.82) is 0 Å². The molecule has 1 aliphatic rings. The number of aromatic nitrogens is 1. The van der Waals surface area contributed by atoms with Crippen LogP contribution < -0.4 is 24.4 Å². The Labute approximate surface area is 237 Å². The molecule has 1 aliphatic heterocycles. The lowest BCUT2D eigenvalue weighted by atomic mass is 9.96. The van der Waals surface area contributed by atoms with E-state index in [1.807, 2.05) is 72.8 Å². The summed E-state index contributed by atoms with van der Waals surface area (Å²) in [6.45, 7) is 2.14. The van der Waals surface area contributed by atoms with Crippen molar-refractivity contribution in [2.75, 3.05) is 14.2 Å². The quantitative estimate of drug-likeness (QED) is 0.284. The number of thiazole rings is 1. The molecule has 0 fully saturated rings. The maximum absolute atomic E-state index is 13.8. The average Bonchev–Trinajstić information content (AvgIpc) is 3.25. The Balaban J connectivity index is 1.58. The predicted octanol–water partition coefficient (Wildman–Crippen LogP) is 4.76. The highest BCUT2D eigenvalue weighted by Crippen LogP contribution is 2.37. The number of carbonyl (C=O) groups excluding carboxylic acids is 1. The Morgan fingerprint density at radius 3 is 2.44 bits per heavy atom. The highest BCUT2D eigenvalue weighted by atomic mass is 79.9. The lowest BCUT2D eigenvalue weighted by Crippen LogP contribution is -2.39. The molecule has 5 rings (SSSR count). The molecule has 39 heavy (non-hydrogen) atoms.